The zero-order chi connectivity index (χ0) is 22.3. The maximum Gasteiger partial charge on any atom is 0.254 e. The molecule has 0 saturated carbocycles. The maximum atomic E-state index is 12.9. The molecule has 1 aliphatic heterocycles. The second-order valence-corrected chi connectivity index (χ2v) is 9.03. The van der Waals surface area contributed by atoms with Gasteiger partial charge < -0.3 is 15.2 Å². The first-order chi connectivity index (χ1) is 15.5. The Morgan fingerprint density at radius 1 is 1.12 bits per heavy atom. The van der Waals surface area contributed by atoms with Crippen LogP contribution in [0.1, 0.15) is 45.6 Å². The summed E-state index contributed by atoms with van der Waals surface area (Å²) in [6.07, 6.45) is 7.29. The molecule has 1 amide bonds. The minimum atomic E-state index is -1.23. The van der Waals surface area contributed by atoms with Crippen LogP contribution < -0.4 is 4.73 Å². The molecule has 3 heterocycles. The third kappa shape index (κ3) is 3.53. The van der Waals surface area contributed by atoms with Crippen LogP contribution in [0.25, 0.3) is 0 Å². The zero-order valence-corrected chi connectivity index (χ0v) is 18.3. The van der Waals surface area contributed by atoms with Crippen LogP contribution in [-0.2, 0) is 18.4 Å². The number of hydrogen-bond acceptors (Lipinski definition) is 4. The van der Waals surface area contributed by atoms with E-state index in [1.54, 1.807) is 23.2 Å². The maximum absolute atomic E-state index is 12.9. The fourth-order valence-corrected chi connectivity index (χ4v) is 5.37. The monoisotopic (exact) mass is 449 g/mol. The summed E-state index contributed by atoms with van der Waals surface area (Å²) in [6, 6.07) is 12.7. The molecule has 3 aromatic rings. The molecule has 164 valence electrons. The fraction of sp³-hybridized carbons (Fsp3) is 0.320. The SMILES string of the molecule is O=C(c1cc[n+]([O-])cc1)N1CCC(C2(O)c3ccc(Cl)cc3CCc3cccnc32)CC1. The van der Waals surface area contributed by atoms with Crippen molar-refractivity contribution in [2.45, 2.75) is 31.3 Å². The molecule has 1 N–H and O–H groups in total. The molecule has 1 unspecified atom stereocenters. The van der Waals surface area contributed by atoms with E-state index in [-0.39, 0.29) is 11.8 Å². The normalized spacial score (nSPS) is 20.9. The number of nitrogens with zero attached hydrogens (tertiary/aromatic N) is 3. The van der Waals surface area contributed by atoms with Gasteiger partial charge in [0.2, 0.25) is 0 Å². The molecular weight excluding hydrogens is 426 g/mol. The predicted molar refractivity (Wildman–Crippen MR) is 120 cm³/mol. The number of halogens is 1. The van der Waals surface area contributed by atoms with E-state index < -0.39 is 5.60 Å². The summed E-state index contributed by atoms with van der Waals surface area (Å²) in [4.78, 5) is 19.3. The highest BCUT2D eigenvalue weighted by Gasteiger charge is 2.46. The minimum Gasteiger partial charge on any atom is -0.619 e. The Morgan fingerprint density at radius 3 is 2.59 bits per heavy atom. The number of aryl methyl sites for hydroxylation is 2. The smallest absolute Gasteiger partial charge is 0.254 e. The van der Waals surface area contributed by atoms with E-state index in [1.165, 1.54) is 12.4 Å². The van der Waals surface area contributed by atoms with Crippen molar-refractivity contribution >= 4 is 17.5 Å². The largest absolute Gasteiger partial charge is 0.619 e. The Hall–Kier alpha value is -2.96. The number of amides is 1. The fourth-order valence-electron chi connectivity index (χ4n) is 5.17. The zero-order valence-electron chi connectivity index (χ0n) is 17.6. The number of pyridine rings is 2. The first kappa shape index (κ1) is 20.9. The standard InChI is InChI=1S/C25H24ClN3O3/c26-21-5-6-22-19(16-21)4-3-17-2-1-11-27-23(17)25(22,31)20-9-12-28(13-10-20)24(30)18-7-14-29(32)15-8-18/h1-2,5-8,11,14-16,20,31H,3-4,9-10,12-13H2. The minimum absolute atomic E-state index is 0.0854. The van der Waals surface area contributed by atoms with E-state index in [0.717, 1.165) is 29.5 Å². The van der Waals surface area contributed by atoms with Crippen LogP contribution in [-0.4, -0.2) is 34.0 Å². The number of rotatable bonds is 2. The van der Waals surface area contributed by atoms with Crippen LogP contribution in [0.4, 0.5) is 0 Å². The Morgan fingerprint density at radius 2 is 1.84 bits per heavy atom. The lowest BCUT2D eigenvalue weighted by Gasteiger charge is -2.42. The summed E-state index contributed by atoms with van der Waals surface area (Å²) >= 11 is 6.28. The molecule has 1 aromatic carbocycles. The lowest BCUT2D eigenvalue weighted by atomic mass is 9.72. The van der Waals surface area contributed by atoms with Crippen molar-refractivity contribution in [3.63, 3.8) is 0 Å². The number of aliphatic hydroxyl groups is 1. The van der Waals surface area contributed by atoms with Crippen molar-refractivity contribution in [2.75, 3.05) is 13.1 Å². The first-order valence-electron chi connectivity index (χ1n) is 10.9. The van der Waals surface area contributed by atoms with Crippen molar-refractivity contribution in [1.29, 1.82) is 0 Å². The van der Waals surface area contributed by atoms with E-state index in [4.69, 9.17) is 11.6 Å². The van der Waals surface area contributed by atoms with Gasteiger partial charge in [-0.2, -0.15) is 4.73 Å². The third-order valence-corrected chi connectivity index (χ3v) is 7.05. The highest BCUT2D eigenvalue weighted by molar-refractivity contribution is 6.30. The topological polar surface area (TPSA) is 80.4 Å². The quantitative estimate of drug-likeness (QED) is 0.481. The molecule has 1 fully saturated rings. The van der Waals surface area contributed by atoms with Gasteiger partial charge in [0.05, 0.1) is 11.3 Å². The van der Waals surface area contributed by atoms with Crippen LogP contribution in [0.5, 0.6) is 0 Å². The molecule has 7 heteroatoms. The molecule has 5 rings (SSSR count). The van der Waals surface area contributed by atoms with Crippen molar-refractivity contribution in [3.05, 3.63) is 99.2 Å². The van der Waals surface area contributed by atoms with Crippen molar-refractivity contribution in [3.8, 4) is 0 Å². The summed E-state index contributed by atoms with van der Waals surface area (Å²) in [6.45, 7) is 1.06. The van der Waals surface area contributed by atoms with E-state index in [1.807, 2.05) is 30.3 Å². The van der Waals surface area contributed by atoms with Gasteiger partial charge in [0, 0.05) is 42.4 Å². The Labute approximate surface area is 191 Å². The van der Waals surface area contributed by atoms with E-state index in [2.05, 4.69) is 4.98 Å². The molecule has 2 aromatic heterocycles. The van der Waals surface area contributed by atoms with Gasteiger partial charge in [-0.25, -0.2) is 0 Å². The molecule has 6 nitrogen and oxygen atoms in total. The van der Waals surface area contributed by atoms with Gasteiger partial charge in [-0.15, -0.1) is 0 Å². The van der Waals surface area contributed by atoms with Crippen LogP contribution in [0, 0.1) is 11.1 Å². The second kappa shape index (κ2) is 8.19. The molecule has 32 heavy (non-hydrogen) atoms. The lowest BCUT2D eigenvalue weighted by molar-refractivity contribution is -0.605. The Bertz CT molecular complexity index is 1160. The molecule has 1 aliphatic carbocycles. The lowest BCUT2D eigenvalue weighted by Crippen LogP contribution is -2.46. The molecule has 2 aliphatic rings. The number of likely N-dealkylation sites (tertiary alicyclic amines) is 1. The molecule has 1 atom stereocenters. The van der Waals surface area contributed by atoms with Crippen LogP contribution >= 0.6 is 11.6 Å². The number of carbonyl (C=O) groups excluding carboxylic acids is 1. The van der Waals surface area contributed by atoms with Crippen molar-refractivity contribution in [1.82, 2.24) is 9.88 Å². The molecular formula is C25H24ClN3O3. The molecule has 0 radical (unpaired) electrons. The first-order valence-corrected chi connectivity index (χ1v) is 11.3. The van der Waals surface area contributed by atoms with Gasteiger partial charge in [-0.3, -0.25) is 9.78 Å². The predicted octanol–water partition coefficient (Wildman–Crippen LogP) is 3.26. The van der Waals surface area contributed by atoms with E-state index in [0.29, 0.717) is 46.9 Å². The van der Waals surface area contributed by atoms with Gasteiger partial charge >= 0.3 is 0 Å². The highest BCUT2D eigenvalue weighted by atomic mass is 35.5. The molecule has 0 spiro atoms. The number of carbonyl (C=O) groups is 1. The summed E-state index contributed by atoms with van der Waals surface area (Å²) in [7, 11) is 0. The van der Waals surface area contributed by atoms with Crippen LogP contribution in [0.2, 0.25) is 5.02 Å². The Kier molecular flexibility index (Phi) is 5.35. The second-order valence-electron chi connectivity index (χ2n) is 8.59. The number of aromatic nitrogens is 2. The average molecular weight is 450 g/mol. The van der Waals surface area contributed by atoms with E-state index in [9.17, 15) is 15.1 Å². The van der Waals surface area contributed by atoms with E-state index >= 15 is 0 Å². The summed E-state index contributed by atoms with van der Waals surface area (Å²) in [5.74, 6) is -0.180. The average Bonchev–Trinajstić information content (AvgIpc) is 2.94. The van der Waals surface area contributed by atoms with Gasteiger partial charge in [-0.05, 0) is 60.6 Å². The van der Waals surface area contributed by atoms with Crippen molar-refractivity contribution in [2.24, 2.45) is 5.92 Å². The summed E-state index contributed by atoms with van der Waals surface area (Å²) < 4.78 is 0.665. The van der Waals surface area contributed by atoms with Gasteiger partial charge in [0.1, 0.15) is 5.60 Å². The van der Waals surface area contributed by atoms with Gasteiger partial charge in [0.25, 0.3) is 5.91 Å². The molecule has 1 saturated heterocycles. The van der Waals surface area contributed by atoms with Crippen LogP contribution in [0.15, 0.2) is 61.1 Å². The van der Waals surface area contributed by atoms with Crippen LogP contribution in [0.3, 0.4) is 0 Å². The van der Waals surface area contributed by atoms with Gasteiger partial charge in [0.15, 0.2) is 12.4 Å². The highest BCUT2D eigenvalue weighted by Crippen LogP contribution is 2.46. The summed E-state index contributed by atoms with van der Waals surface area (Å²) in [5, 5.41) is 24.2. The van der Waals surface area contributed by atoms with Crippen molar-refractivity contribution < 1.29 is 14.6 Å². The number of piperidine rings is 1. The van der Waals surface area contributed by atoms with Gasteiger partial charge in [-0.1, -0.05) is 23.7 Å². The Balaban J connectivity index is 1.46. The number of hydrogen-bond donors (Lipinski definition) is 1. The number of fused-ring (bicyclic) bond motifs is 2. The summed E-state index contributed by atoms with van der Waals surface area (Å²) in [5.41, 5.74) is 2.95. The number of benzene rings is 1. The third-order valence-electron chi connectivity index (χ3n) is 6.82. The molecule has 0 bridgehead atoms.